The highest BCUT2D eigenvalue weighted by molar-refractivity contribution is 6.33. The number of nitrogens with two attached hydrogens (primary N) is 1. The number of rotatable bonds is 5. The van der Waals surface area contributed by atoms with Gasteiger partial charge in [-0.05, 0) is 54.1 Å². The van der Waals surface area contributed by atoms with Crippen molar-refractivity contribution in [2.75, 3.05) is 5.73 Å². The van der Waals surface area contributed by atoms with Gasteiger partial charge in [-0.25, -0.2) is 15.0 Å². The van der Waals surface area contributed by atoms with Gasteiger partial charge in [-0.2, -0.15) is 0 Å². The molecule has 5 aromatic rings. The Morgan fingerprint density at radius 1 is 0.939 bits per heavy atom. The second kappa shape index (κ2) is 8.72. The van der Waals surface area contributed by atoms with E-state index in [1.54, 1.807) is 36.7 Å². The number of benzene rings is 2. The zero-order valence-corrected chi connectivity index (χ0v) is 18.2. The van der Waals surface area contributed by atoms with E-state index in [2.05, 4.69) is 15.3 Å². The van der Waals surface area contributed by atoms with Crippen molar-refractivity contribution in [1.29, 1.82) is 0 Å². The number of fused-ring (bicyclic) bond motifs is 1. The molecule has 0 saturated heterocycles. The van der Waals surface area contributed by atoms with Crippen LogP contribution >= 0.6 is 11.6 Å². The van der Waals surface area contributed by atoms with Gasteiger partial charge in [0.15, 0.2) is 11.5 Å². The number of hydrogen-bond donors (Lipinski definition) is 2. The summed E-state index contributed by atoms with van der Waals surface area (Å²) in [6.45, 7) is 0.371. The summed E-state index contributed by atoms with van der Waals surface area (Å²) in [4.78, 5) is 25.9. The molecule has 0 unspecified atom stereocenters. The summed E-state index contributed by atoms with van der Waals surface area (Å²) in [5, 5.41) is 3.33. The standard InChI is InChI=1S/C25H19ClN6O/c26-20-7-2-1-5-18(20)25(33)30-15-16-9-11-17(12-10-16)32-23(19-6-3-13-28-22(19)27)31-21-8-4-14-29-24(21)32/h1-14H,15H2,(H2,27,28)(H,30,33). The minimum Gasteiger partial charge on any atom is -0.383 e. The number of carbonyl (C=O) groups excluding carboxylic acids is 1. The summed E-state index contributed by atoms with van der Waals surface area (Å²) in [6, 6.07) is 22.3. The number of halogens is 1. The smallest absolute Gasteiger partial charge is 0.253 e. The third kappa shape index (κ3) is 4.02. The molecule has 0 spiro atoms. The number of carbonyl (C=O) groups is 1. The van der Waals surface area contributed by atoms with Crippen LogP contribution in [0.4, 0.5) is 5.82 Å². The van der Waals surface area contributed by atoms with E-state index in [-0.39, 0.29) is 5.91 Å². The Kier molecular flexibility index (Phi) is 5.46. The summed E-state index contributed by atoms with van der Waals surface area (Å²) in [5.74, 6) is 0.839. The first-order valence-electron chi connectivity index (χ1n) is 10.3. The Morgan fingerprint density at radius 3 is 2.48 bits per heavy atom. The van der Waals surface area contributed by atoms with E-state index in [4.69, 9.17) is 22.3 Å². The highest BCUT2D eigenvalue weighted by Crippen LogP contribution is 2.30. The zero-order chi connectivity index (χ0) is 22.8. The van der Waals surface area contributed by atoms with Gasteiger partial charge in [0, 0.05) is 24.6 Å². The fraction of sp³-hybridized carbons (Fsp3) is 0.0400. The summed E-state index contributed by atoms with van der Waals surface area (Å²) < 4.78 is 1.95. The average molecular weight is 455 g/mol. The summed E-state index contributed by atoms with van der Waals surface area (Å²) >= 11 is 6.11. The van der Waals surface area contributed by atoms with E-state index in [0.29, 0.717) is 28.8 Å². The second-order valence-electron chi connectivity index (χ2n) is 7.38. The van der Waals surface area contributed by atoms with Gasteiger partial charge in [0.1, 0.15) is 11.3 Å². The van der Waals surface area contributed by atoms with Gasteiger partial charge in [0.2, 0.25) is 0 Å². The van der Waals surface area contributed by atoms with Crippen LogP contribution in [0.3, 0.4) is 0 Å². The van der Waals surface area contributed by atoms with Crippen LogP contribution in [0.5, 0.6) is 0 Å². The topological polar surface area (TPSA) is 98.7 Å². The fourth-order valence-corrected chi connectivity index (χ4v) is 3.85. The molecule has 7 nitrogen and oxygen atoms in total. The Bertz CT molecular complexity index is 1460. The highest BCUT2D eigenvalue weighted by atomic mass is 35.5. The fourth-order valence-electron chi connectivity index (χ4n) is 3.63. The average Bonchev–Trinajstić information content (AvgIpc) is 3.23. The van der Waals surface area contributed by atoms with Crippen molar-refractivity contribution in [3.63, 3.8) is 0 Å². The molecule has 0 bridgehead atoms. The van der Waals surface area contributed by atoms with Crippen LogP contribution in [0.25, 0.3) is 28.2 Å². The van der Waals surface area contributed by atoms with E-state index >= 15 is 0 Å². The summed E-state index contributed by atoms with van der Waals surface area (Å²) in [7, 11) is 0. The normalized spacial score (nSPS) is 10.9. The lowest BCUT2D eigenvalue weighted by atomic mass is 10.1. The maximum absolute atomic E-state index is 12.4. The minimum atomic E-state index is -0.219. The van der Waals surface area contributed by atoms with Gasteiger partial charge in [0.25, 0.3) is 5.91 Å². The summed E-state index contributed by atoms with van der Waals surface area (Å²) in [6.07, 6.45) is 3.38. The van der Waals surface area contributed by atoms with Crippen molar-refractivity contribution in [2.24, 2.45) is 0 Å². The van der Waals surface area contributed by atoms with E-state index in [1.807, 2.05) is 53.1 Å². The van der Waals surface area contributed by atoms with Crippen LogP contribution in [-0.2, 0) is 6.54 Å². The van der Waals surface area contributed by atoms with E-state index in [9.17, 15) is 4.79 Å². The van der Waals surface area contributed by atoms with Crippen molar-refractivity contribution in [3.05, 3.63) is 101 Å². The third-order valence-electron chi connectivity index (χ3n) is 5.26. The molecule has 0 atom stereocenters. The van der Waals surface area contributed by atoms with E-state index in [1.165, 1.54) is 0 Å². The molecule has 1 amide bonds. The van der Waals surface area contributed by atoms with E-state index < -0.39 is 0 Å². The molecule has 8 heteroatoms. The molecule has 3 aromatic heterocycles. The Labute approximate surface area is 194 Å². The number of imidazole rings is 1. The largest absolute Gasteiger partial charge is 0.383 e. The maximum Gasteiger partial charge on any atom is 0.253 e. The molecule has 3 N–H and O–H groups in total. The molecule has 0 radical (unpaired) electrons. The van der Waals surface area contributed by atoms with Crippen molar-refractivity contribution in [3.8, 4) is 17.1 Å². The van der Waals surface area contributed by atoms with Gasteiger partial charge in [-0.1, -0.05) is 35.9 Å². The number of nitrogen functional groups attached to an aromatic ring is 1. The van der Waals surface area contributed by atoms with Gasteiger partial charge < -0.3 is 11.1 Å². The van der Waals surface area contributed by atoms with Gasteiger partial charge >= 0.3 is 0 Å². The molecule has 0 saturated carbocycles. The maximum atomic E-state index is 12.4. The van der Waals surface area contributed by atoms with Crippen LogP contribution in [0.1, 0.15) is 15.9 Å². The quantitative estimate of drug-likeness (QED) is 0.403. The molecule has 162 valence electrons. The molecule has 0 fully saturated rings. The van der Waals surface area contributed by atoms with Crippen LogP contribution in [0, 0.1) is 0 Å². The lowest BCUT2D eigenvalue weighted by molar-refractivity contribution is 0.0951. The number of amides is 1. The van der Waals surface area contributed by atoms with Gasteiger partial charge in [0.05, 0.1) is 16.1 Å². The lowest BCUT2D eigenvalue weighted by Gasteiger charge is -2.11. The Hall–Kier alpha value is -4.23. The predicted molar refractivity (Wildman–Crippen MR) is 129 cm³/mol. The van der Waals surface area contributed by atoms with Crippen molar-refractivity contribution in [1.82, 2.24) is 24.8 Å². The van der Waals surface area contributed by atoms with Crippen LogP contribution in [0.2, 0.25) is 5.02 Å². The molecule has 2 aromatic carbocycles. The first-order chi connectivity index (χ1) is 16.1. The first-order valence-corrected chi connectivity index (χ1v) is 10.7. The van der Waals surface area contributed by atoms with Gasteiger partial charge in [-0.3, -0.25) is 9.36 Å². The van der Waals surface area contributed by atoms with Crippen molar-refractivity contribution < 1.29 is 4.79 Å². The lowest BCUT2D eigenvalue weighted by Crippen LogP contribution is -2.23. The summed E-state index contributed by atoms with van der Waals surface area (Å²) in [5.41, 5.74) is 10.6. The zero-order valence-electron chi connectivity index (χ0n) is 17.4. The monoisotopic (exact) mass is 454 g/mol. The molecular weight excluding hydrogens is 436 g/mol. The van der Waals surface area contributed by atoms with Crippen LogP contribution < -0.4 is 11.1 Å². The Balaban J connectivity index is 1.45. The van der Waals surface area contributed by atoms with E-state index in [0.717, 1.165) is 28.0 Å². The molecule has 5 rings (SSSR count). The van der Waals surface area contributed by atoms with Crippen LogP contribution in [-0.4, -0.2) is 25.4 Å². The SMILES string of the molecule is Nc1ncccc1-c1nc2cccnc2n1-c1ccc(CNC(=O)c2ccccc2Cl)cc1. The van der Waals surface area contributed by atoms with Crippen molar-refractivity contribution in [2.45, 2.75) is 6.54 Å². The Morgan fingerprint density at radius 2 is 1.70 bits per heavy atom. The molecule has 3 heterocycles. The number of nitrogens with zero attached hydrogens (tertiary/aromatic N) is 4. The molecule has 0 aliphatic carbocycles. The first kappa shape index (κ1) is 20.7. The minimum absolute atomic E-state index is 0.219. The molecule has 0 aliphatic rings. The number of hydrogen-bond acceptors (Lipinski definition) is 5. The van der Waals surface area contributed by atoms with Gasteiger partial charge in [-0.15, -0.1) is 0 Å². The number of nitrogens with one attached hydrogen (secondary N) is 1. The molecule has 0 aliphatic heterocycles. The number of pyridine rings is 2. The third-order valence-corrected chi connectivity index (χ3v) is 5.59. The number of anilines is 1. The van der Waals surface area contributed by atoms with Crippen molar-refractivity contribution >= 4 is 34.5 Å². The van der Waals surface area contributed by atoms with Crippen LogP contribution in [0.15, 0.2) is 85.2 Å². The number of aromatic nitrogens is 4. The molecular formula is C25H19ClN6O. The second-order valence-corrected chi connectivity index (χ2v) is 7.79. The molecule has 33 heavy (non-hydrogen) atoms. The predicted octanol–water partition coefficient (Wildman–Crippen LogP) is 4.65. The highest BCUT2D eigenvalue weighted by Gasteiger charge is 2.17.